The first-order valence-electron chi connectivity index (χ1n) is 29.4. The van der Waals surface area contributed by atoms with Gasteiger partial charge in [-0.25, -0.2) is 28.0 Å². The van der Waals surface area contributed by atoms with Gasteiger partial charge < -0.3 is 63.3 Å². The second-order valence-corrected chi connectivity index (χ2v) is 24.1. The molecule has 2 aliphatic heterocycles. The minimum Gasteiger partial charge on any atom is -0.479 e. The van der Waals surface area contributed by atoms with Gasteiger partial charge in [-0.15, -0.1) is 0 Å². The molecule has 0 aromatic heterocycles. The third-order valence-electron chi connectivity index (χ3n) is 15.9. The van der Waals surface area contributed by atoms with Gasteiger partial charge in [-0.2, -0.15) is 0 Å². The van der Waals surface area contributed by atoms with Crippen LogP contribution in [-0.2, 0) is 79.6 Å². The molecule has 4 aliphatic rings. The van der Waals surface area contributed by atoms with Gasteiger partial charge in [0.25, 0.3) is 17.7 Å². The van der Waals surface area contributed by atoms with Crippen molar-refractivity contribution >= 4 is 58.9 Å². The van der Waals surface area contributed by atoms with Gasteiger partial charge in [-0.1, -0.05) is 49.9 Å². The Kier molecular flexibility index (Phi) is 23.9. The smallest absolute Gasteiger partial charge is 0.344 e. The SMILES string of the molecule is CN[C@@H](CC(C)(C)F)C(=O)O[C@H](Cc1ccc(N2CCOCC2)cc1)C(=O)N(C)[C@@H](CC1CC1)C(=O)O[C@H](C)C(=O)N(C)[C@@H](CCC(C)(C)F)C(=O)O[C@H](Cc1ccc(N2CCOCC2)cc1)C(=O)N(C)[C@@H](CC1CC1)C(=O)O[C@H](C)C(=O)O. The van der Waals surface area contributed by atoms with E-state index in [0.717, 1.165) is 51.8 Å². The van der Waals surface area contributed by atoms with E-state index < -0.39 is 107 Å². The summed E-state index contributed by atoms with van der Waals surface area (Å²) in [4.78, 5) is 120. The number of rotatable bonds is 31. The molecule has 2 saturated carbocycles. The van der Waals surface area contributed by atoms with Crippen LogP contribution >= 0.6 is 0 Å². The van der Waals surface area contributed by atoms with Gasteiger partial charge in [-0.3, -0.25) is 19.2 Å². The Morgan fingerprint density at radius 3 is 1.33 bits per heavy atom. The van der Waals surface area contributed by atoms with Gasteiger partial charge in [-0.05, 0) is 122 Å². The summed E-state index contributed by atoms with van der Waals surface area (Å²) in [6.07, 6.45) is -4.03. The molecule has 466 valence electrons. The molecule has 2 aromatic carbocycles. The summed E-state index contributed by atoms with van der Waals surface area (Å²) < 4.78 is 64.5. The number of hydrogen-bond donors (Lipinski definition) is 2. The normalized spacial score (nSPS) is 18.6. The van der Waals surface area contributed by atoms with Crippen LogP contribution in [-0.4, -0.2) is 208 Å². The number of hydrogen-bond acceptors (Lipinski definition) is 17. The fraction of sp³-hybridized carbons (Fsp3) is 0.672. The van der Waals surface area contributed by atoms with Gasteiger partial charge in [0.1, 0.15) is 35.5 Å². The number of carbonyl (C=O) groups is 8. The molecule has 0 spiro atoms. The van der Waals surface area contributed by atoms with Crippen LogP contribution in [0.3, 0.4) is 0 Å². The number of ether oxygens (including phenoxy) is 6. The lowest BCUT2D eigenvalue weighted by Gasteiger charge is -2.34. The number of likely N-dealkylation sites (N-methyl/N-ethyl adjacent to an activating group) is 4. The lowest BCUT2D eigenvalue weighted by molar-refractivity contribution is -0.174. The van der Waals surface area contributed by atoms with Crippen molar-refractivity contribution in [2.24, 2.45) is 11.8 Å². The standard InChI is InChI=1S/C61H88F2N6O15/c1-38(81-58(77)48(33-40-11-12-40)66(9)53(71)50(83-56(75)46(64-7)37-61(5,6)63)35-42-15-19-44(20-16-42)68-25-29-79-30-26-68)52(70)65(8)47(23-24-60(3,4)62)57(76)84-51(36-43-17-21-45(22-18-43)69-27-31-80-32-28-69)54(72)67(10)49(34-41-13-14-41)59(78)82-39(2)55(73)74/h15-22,38-41,46-51,64H,11-14,23-37H2,1-10H3,(H,73,74)/t38-,39-,46+,47+,48+,49+,50-,51-/m1/s1. The maximum Gasteiger partial charge on any atom is 0.344 e. The molecule has 2 N–H and O–H groups in total. The summed E-state index contributed by atoms with van der Waals surface area (Å²) in [5.41, 5.74) is -0.604. The third kappa shape index (κ3) is 20.1. The fourth-order valence-electron chi connectivity index (χ4n) is 10.3. The molecule has 0 radical (unpaired) electrons. The Morgan fingerprint density at radius 1 is 0.583 bits per heavy atom. The van der Waals surface area contributed by atoms with E-state index in [1.54, 1.807) is 12.1 Å². The molecule has 21 nitrogen and oxygen atoms in total. The maximum atomic E-state index is 15.4. The summed E-state index contributed by atoms with van der Waals surface area (Å²) in [6.45, 7) is 12.7. The number of nitrogens with one attached hydrogen (secondary N) is 1. The fourth-order valence-corrected chi connectivity index (χ4v) is 10.3. The highest BCUT2D eigenvalue weighted by Gasteiger charge is 2.44. The topological polar surface area (TPSA) is 240 Å². The van der Waals surface area contributed by atoms with Gasteiger partial charge in [0.2, 0.25) is 0 Å². The Balaban J connectivity index is 1.23. The molecule has 23 heteroatoms. The zero-order valence-electron chi connectivity index (χ0n) is 50.5. The number of carboxylic acids is 1. The molecule has 2 aromatic rings. The van der Waals surface area contributed by atoms with Crippen molar-refractivity contribution in [3.8, 4) is 0 Å². The summed E-state index contributed by atoms with van der Waals surface area (Å²) in [5.74, 6) is -7.69. The molecule has 0 bridgehead atoms. The number of carbonyl (C=O) groups excluding carboxylic acids is 7. The van der Waals surface area contributed by atoms with Crippen molar-refractivity contribution in [1.29, 1.82) is 0 Å². The average Bonchev–Trinajstić information content (AvgIpc) is 4.46. The largest absolute Gasteiger partial charge is 0.479 e. The first kappa shape index (κ1) is 66.7. The molecule has 84 heavy (non-hydrogen) atoms. The number of amides is 3. The summed E-state index contributed by atoms with van der Waals surface area (Å²) >= 11 is 0. The third-order valence-corrected chi connectivity index (χ3v) is 15.9. The van der Waals surface area contributed by atoms with Gasteiger partial charge >= 0.3 is 29.8 Å². The number of alkyl halides is 2. The van der Waals surface area contributed by atoms with E-state index in [4.69, 9.17) is 28.4 Å². The zero-order chi connectivity index (χ0) is 61.6. The number of halogens is 2. The minimum atomic E-state index is -1.86. The first-order valence-corrected chi connectivity index (χ1v) is 29.4. The van der Waals surface area contributed by atoms with E-state index in [1.807, 2.05) is 36.4 Å². The number of esters is 4. The average molecular weight is 1180 g/mol. The molecule has 8 atom stereocenters. The number of aliphatic carboxylic acids is 1. The van der Waals surface area contributed by atoms with Crippen LogP contribution in [0.25, 0.3) is 0 Å². The number of morpholine rings is 2. The highest BCUT2D eigenvalue weighted by Crippen LogP contribution is 2.37. The van der Waals surface area contributed by atoms with Crippen LogP contribution < -0.4 is 15.1 Å². The van der Waals surface area contributed by atoms with E-state index >= 15 is 4.39 Å². The van der Waals surface area contributed by atoms with E-state index in [1.165, 1.54) is 69.7 Å². The molecule has 4 fully saturated rings. The van der Waals surface area contributed by atoms with Crippen molar-refractivity contribution in [3.05, 3.63) is 59.7 Å². The number of carboxylic acid groups (broad SMARTS) is 1. The van der Waals surface area contributed by atoms with Crippen LogP contribution in [0.1, 0.15) is 110 Å². The predicted octanol–water partition coefficient (Wildman–Crippen LogP) is 5.25. The first-order chi connectivity index (χ1) is 39.6. The Bertz CT molecular complexity index is 2560. The van der Waals surface area contributed by atoms with Crippen molar-refractivity contribution in [1.82, 2.24) is 20.0 Å². The van der Waals surface area contributed by atoms with Gasteiger partial charge in [0, 0.05) is 78.0 Å². The lowest BCUT2D eigenvalue weighted by atomic mass is 9.99. The molecule has 2 saturated heterocycles. The molecule has 6 rings (SSSR count). The van der Waals surface area contributed by atoms with Crippen molar-refractivity contribution < 1.29 is 80.7 Å². The zero-order valence-corrected chi connectivity index (χ0v) is 50.5. The Hall–Kier alpha value is -6.46. The van der Waals surface area contributed by atoms with Gasteiger partial charge in [0.15, 0.2) is 24.4 Å². The summed E-state index contributed by atoms with van der Waals surface area (Å²) in [6, 6.07) is 9.46. The van der Waals surface area contributed by atoms with Crippen LogP contribution in [0.15, 0.2) is 48.5 Å². The van der Waals surface area contributed by atoms with Gasteiger partial charge in [0.05, 0.1) is 26.4 Å². The molecule has 2 aliphatic carbocycles. The highest BCUT2D eigenvalue weighted by molar-refractivity contribution is 5.93. The minimum absolute atomic E-state index is 0.0178. The van der Waals surface area contributed by atoms with E-state index in [2.05, 4.69) is 15.1 Å². The van der Waals surface area contributed by atoms with Crippen molar-refractivity contribution in [2.45, 2.75) is 172 Å². The van der Waals surface area contributed by atoms with Crippen LogP contribution in [0.4, 0.5) is 20.2 Å². The van der Waals surface area contributed by atoms with Crippen LogP contribution in [0, 0.1) is 11.8 Å². The molecule has 3 amide bonds. The molecular weight excluding hydrogens is 1090 g/mol. The highest BCUT2D eigenvalue weighted by atomic mass is 19.1. The monoisotopic (exact) mass is 1180 g/mol. The molecular formula is C61H88F2N6O15. The van der Waals surface area contributed by atoms with E-state index in [-0.39, 0.29) is 56.8 Å². The number of anilines is 2. The van der Waals surface area contributed by atoms with Crippen LogP contribution in [0.2, 0.25) is 0 Å². The molecule has 0 unspecified atom stereocenters. The lowest BCUT2D eigenvalue weighted by Crippen LogP contribution is -2.53. The maximum absolute atomic E-state index is 15.4. The number of nitrogens with zero attached hydrogens (tertiary/aromatic N) is 5. The Morgan fingerprint density at radius 2 is 0.964 bits per heavy atom. The van der Waals surface area contributed by atoms with Crippen LogP contribution in [0.5, 0.6) is 0 Å². The van der Waals surface area contributed by atoms with Crippen molar-refractivity contribution in [2.75, 3.05) is 90.6 Å². The van der Waals surface area contributed by atoms with E-state index in [9.17, 15) is 47.9 Å². The Labute approximate surface area is 492 Å². The second kappa shape index (κ2) is 30.1. The quantitative estimate of drug-likeness (QED) is 0.0724. The predicted molar refractivity (Wildman–Crippen MR) is 306 cm³/mol. The van der Waals surface area contributed by atoms with Crippen molar-refractivity contribution in [3.63, 3.8) is 0 Å². The second-order valence-electron chi connectivity index (χ2n) is 24.1. The molecule has 2 heterocycles. The summed E-state index contributed by atoms with van der Waals surface area (Å²) in [5, 5.41) is 12.3. The number of benzene rings is 2. The summed E-state index contributed by atoms with van der Waals surface area (Å²) in [7, 11) is 5.46. The van der Waals surface area contributed by atoms with E-state index in [0.29, 0.717) is 63.7 Å².